The molecule has 1 heterocycles. The lowest BCUT2D eigenvalue weighted by Crippen LogP contribution is -2.47. The highest BCUT2D eigenvalue weighted by atomic mass is 35.5. The zero-order valence-electron chi connectivity index (χ0n) is 23.9. The molecule has 0 saturated carbocycles. The van der Waals surface area contributed by atoms with E-state index in [4.69, 9.17) is 21.3 Å². The monoisotopic (exact) mass is 574 g/mol. The van der Waals surface area contributed by atoms with E-state index in [0.717, 1.165) is 55.5 Å². The average Bonchev–Trinajstić information content (AvgIpc) is 2.92. The number of ether oxygens (including phenoxy) is 1. The van der Waals surface area contributed by atoms with Crippen molar-refractivity contribution in [3.8, 4) is 0 Å². The van der Waals surface area contributed by atoms with Gasteiger partial charge in [-0.15, -0.1) is 0 Å². The molecule has 6 nitrogen and oxygen atoms in total. The number of benzene rings is 2. The summed E-state index contributed by atoms with van der Waals surface area (Å²) in [7, 11) is 0. The zero-order chi connectivity index (χ0) is 29.1. The van der Waals surface area contributed by atoms with Crippen molar-refractivity contribution in [1.82, 2.24) is 10.6 Å². The fraction of sp³-hybridized carbons (Fsp3) is 0.516. The Labute approximate surface area is 241 Å². The molecule has 0 bridgehead atoms. The molecule has 2 atom stereocenters. The zero-order valence-corrected chi connectivity index (χ0v) is 24.7. The Morgan fingerprint density at radius 1 is 1.07 bits per heavy atom. The van der Waals surface area contributed by atoms with E-state index in [0.29, 0.717) is 31.1 Å². The first kappa shape index (κ1) is 31.7. The largest absolute Gasteiger partial charge is 0.376 e. The lowest BCUT2D eigenvalue weighted by Gasteiger charge is -2.30. The second kappa shape index (κ2) is 15.2. The molecule has 1 aliphatic heterocycles. The van der Waals surface area contributed by atoms with Gasteiger partial charge in [-0.25, -0.2) is 8.78 Å². The Hall–Kier alpha value is -2.84. The van der Waals surface area contributed by atoms with E-state index in [-0.39, 0.29) is 29.1 Å². The predicted octanol–water partition coefficient (Wildman–Crippen LogP) is 6.96. The molecular formula is C31H41ClF2N4O2. The van der Waals surface area contributed by atoms with Gasteiger partial charge in [-0.05, 0) is 67.5 Å². The minimum atomic E-state index is -1.08. The van der Waals surface area contributed by atoms with Crippen molar-refractivity contribution in [3.05, 3.63) is 70.2 Å². The van der Waals surface area contributed by atoms with E-state index in [1.54, 1.807) is 0 Å². The highest BCUT2D eigenvalue weighted by Gasteiger charge is 2.25. The van der Waals surface area contributed by atoms with Crippen LogP contribution in [0.4, 0.5) is 8.78 Å². The second-order valence-corrected chi connectivity index (χ2v) is 11.0. The summed E-state index contributed by atoms with van der Waals surface area (Å²) in [6.45, 7) is 10.4. The molecule has 2 unspecified atom stereocenters. The summed E-state index contributed by atoms with van der Waals surface area (Å²) in [5.74, 6) is -2.39. The number of nitrogens with one attached hydrogen (secondary N) is 2. The van der Waals surface area contributed by atoms with Gasteiger partial charge in [-0.2, -0.15) is 0 Å². The maximum atomic E-state index is 13.8. The maximum Gasteiger partial charge on any atom is 0.258 e. The molecule has 0 aliphatic carbocycles. The first-order valence-electron chi connectivity index (χ1n) is 14.1. The molecule has 0 radical (unpaired) electrons. The Kier molecular flexibility index (Phi) is 12.1. The Bertz CT molecular complexity index is 1180. The summed E-state index contributed by atoms with van der Waals surface area (Å²) in [5.41, 5.74) is 2.09. The van der Waals surface area contributed by atoms with Gasteiger partial charge in [0.15, 0.2) is 17.6 Å². The van der Waals surface area contributed by atoms with Gasteiger partial charge in [-0.3, -0.25) is 20.1 Å². The molecule has 2 N–H and O–H groups in total. The van der Waals surface area contributed by atoms with Crippen LogP contribution in [-0.4, -0.2) is 49.4 Å². The molecule has 9 heteroatoms. The van der Waals surface area contributed by atoms with Crippen LogP contribution in [-0.2, 0) is 4.74 Å². The second-order valence-electron chi connectivity index (χ2n) is 10.6. The van der Waals surface area contributed by atoms with E-state index in [9.17, 15) is 13.6 Å². The maximum absolute atomic E-state index is 13.8. The first-order valence-corrected chi connectivity index (χ1v) is 14.5. The Balaban J connectivity index is 1.88. The van der Waals surface area contributed by atoms with Crippen LogP contribution in [0.15, 0.2) is 52.4 Å². The molecule has 1 aliphatic rings. The smallest absolute Gasteiger partial charge is 0.258 e. The standard InChI is InChI=1S/C31H41ClF2N4O2/c1-5-31(4,6-2)16-14-24(19-28(35-7-3)21-8-11-23(32)12-9-21)37-30(36-20-25-15-17-40-25)38-29(39)22-10-13-26(33)27(34)18-22/h8-13,18,24-25H,5-7,14-17,19-20H2,1-4H3,(H2,36,37,38,39). The van der Waals surface area contributed by atoms with Crippen LogP contribution in [0, 0.1) is 17.0 Å². The topological polar surface area (TPSA) is 75.1 Å². The van der Waals surface area contributed by atoms with E-state index < -0.39 is 17.5 Å². The molecule has 2 aromatic rings. The molecule has 2 aromatic carbocycles. The van der Waals surface area contributed by atoms with E-state index in [2.05, 4.69) is 36.4 Å². The summed E-state index contributed by atoms with van der Waals surface area (Å²) in [6, 6.07) is 10.6. The summed E-state index contributed by atoms with van der Waals surface area (Å²) < 4.78 is 32.8. The molecule has 1 saturated heterocycles. The molecule has 1 amide bonds. The van der Waals surface area contributed by atoms with Crippen LogP contribution in [0.25, 0.3) is 0 Å². The van der Waals surface area contributed by atoms with Crippen molar-refractivity contribution >= 4 is 29.2 Å². The summed E-state index contributed by atoms with van der Waals surface area (Å²) >= 11 is 6.13. The molecular weight excluding hydrogens is 534 g/mol. The number of halogens is 3. The van der Waals surface area contributed by atoms with Gasteiger partial charge in [0.25, 0.3) is 5.91 Å². The molecule has 3 rings (SSSR count). The van der Waals surface area contributed by atoms with Gasteiger partial charge in [0.05, 0.1) is 12.6 Å². The molecule has 0 aromatic heterocycles. The summed E-state index contributed by atoms with van der Waals surface area (Å²) in [6.07, 6.45) is 5.37. The quantitative estimate of drug-likeness (QED) is 0.201. The number of aliphatic imine (C=N–C) groups is 2. The van der Waals surface area contributed by atoms with Gasteiger partial charge < -0.3 is 10.1 Å². The number of rotatable bonds is 13. The van der Waals surface area contributed by atoms with Crippen LogP contribution in [0.3, 0.4) is 0 Å². The number of amides is 1. The highest BCUT2D eigenvalue weighted by Crippen LogP contribution is 2.32. The third kappa shape index (κ3) is 9.37. The van der Waals surface area contributed by atoms with E-state index in [1.807, 2.05) is 31.2 Å². The molecule has 1 fully saturated rings. The average molecular weight is 575 g/mol. The summed E-state index contributed by atoms with van der Waals surface area (Å²) in [4.78, 5) is 22.5. The van der Waals surface area contributed by atoms with Crippen LogP contribution >= 0.6 is 11.6 Å². The van der Waals surface area contributed by atoms with E-state index in [1.165, 1.54) is 6.07 Å². The lowest BCUT2D eigenvalue weighted by molar-refractivity contribution is -0.0433. The van der Waals surface area contributed by atoms with Crippen LogP contribution in [0.2, 0.25) is 5.02 Å². The van der Waals surface area contributed by atoms with Crippen molar-refractivity contribution in [2.75, 3.05) is 19.7 Å². The minimum absolute atomic E-state index is 0.00350. The van der Waals surface area contributed by atoms with Gasteiger partial charge in [-0.1, -0.05) is 57.3 Å². The normalized spacial score (nSPS) is 16.8. The van der Waals surface area contributed by atoms with E-state index >= 15 is 0 Å². The van der Waals surface area contributed by atoms with Crippen molar-refractivity contribution in [2.24, 2.45) is 15.4 Å². The van der Waals surface area contributed by atoms with Crippen LogP contribution in [0.1, 0.15) is 82.1 Å². The van der Waals surface area contributed by atoms with Crippen molar-refractivity contribution in [1.29, 1.82) is 0 Å². The number of nitrogens with zero attached hydrogens (tertiary/aromatic N) is 2. The van der Waals surface area contributed by atoms with Gasteiger partial charge >= 0.3 is 0 Å². The third-order valence-corrected chi connectivity index (χ3v) is 8.02. The van der Waals surface area contributed by atoms with Gasteiger partial charge in [0.2, 0.25) is 0 Å². The molecule has 0 spiro atoms. The number of hydrogen-bond acceptors (Lipinski definition) is 4. The number of hydrogen-bond donors (Lipinski definition) is 2. The Morgan fingerprint density at radius 3 is 2.33 bits per heavy atom. The fourth-order valence-corrected chi connectivity index (χ4v) is 4.57. The third-order valence-electron chi connectivity index (χ3n) is 7.77. The van der Waals surface area contributed by atoms with Crippen molar-refractivity contribution in [2.45, 2.75) is 78.4 Å². The number of carbonyl (C=O) groups excluding carboxylic acids is 1. The highest BCUT2D eigenvalue weighted by molar-refractivity contribution is 6.30. The van der Waals surface area contributed by atoms with Crippen molar-refractivity contribution in [3.63, 3.8) is 0 Å². The van der Waals surface area contributed by atoms with Gasteiger partial charge in [0.1, 0.15) is 0 Å². The van der Waals surface area contributed by atoms with Crippen LogP contribution in [0.5, 0.6) is 0 Å². The lowest BCUT2D eigenvalue weighted by atomic mass is 9.79. The fourth-order valence-electron chi connectivity index (χ4n) is 4.45. The molecule has 218 valence electrons. The number of carbonyl (C=O) groups is 1. The first-order chi connectivity index (χ1) is 19.2. The SMILES string of the molecule is CCN=C(CC(CCC(C)(CC)CC)NC(=NCC1CCO1)NC(=O)c1ccc(F)c(F)c1)c1ccc(Cl)cc1. The Morgan fingerprint density at radius 2 is 1.75 bits per heavy atom. The minimum Gasteiger partial charge on any atom is -0.376 e. The van der Waals surface area contributed by atoms with Crippen molar-refractivity contribution < 1.29 is 18.3 Å². The summed E-state index contributed by atoms with van der Waals surface area (Å²) in [5, 5.41) is 6.91. The van der Waals surface area contributed by atoms with Gasteiger partial charge in [0, 0.05) is 41.9 Å². The molecule has 40 heavy (non-hydrogen) atoms. The van der Waals surface area contributed by atoms with Crippen LogP contribution < -0.4 is 10.6 Å². The number of guanidine groups is 1. The predicted molar refractivity (Wildman–Crippen MR) is 158 cm³/mol.